The number of carbonyl (C=O) groups excluding carboxylic acids is 4. The van der Waals surface area contributed by atoms with Gasteiger partial charge in [-0.1, -0.05) is 6.92 Å². The van der Waals surface area contributed by atoms with E-state index in [0.29, 0.717) is 70.9 Å². The lowest BCUT2D eigenvalue weighted by Crippen LogP contribution is -2.63. The Bertz CT molecular complexity index is 967. The normalized spacial score (nSPS) is 21.6. The Morgan fingerprint density at radius 1 is 0.578 bits per heavy atom. The van der Waals surface area contributed by atoms with Gasteiger partial charge in [0.2, 0.25) is 0 Å². The minimum atomic E-state index is -0.250. The van der Waals surface area contributed by atoms with Crippen molar-refractivity contribution in [3.8, 4) is 0 Å². The summed E-state index contributed by atoms with van der Waals surface area (Å²) >= 11 is 0. The van der Waals surface area contributed by atoms with Crippen molar-refractivity contribution in [3.05, 3.63) is 0 Å². The summed E-state index contributed by atoms with van der Waals surface area (Å²) in [6, 6.07) is 0. The number of piperidine rings is 2. The van der Waals surface area contributed by atoms with Gasteiger partial charge in [0.15, 0.2) is 0 Å². The van der Waals surface area contributed by atoms with E-state index in [2.05, 4.69) is 72.1 Å². The number of likely N-dealkylation sites (tertiary alicyclic amines) is 2. The van der Waals surface area contributed by atoms with E-state index in [1.165, 1.54) is 0 Å². The summed E-state index contributed by atoms with van der Waals surface area (Å²) in [5.74, 6) is -0.495. The Morgan fingerprint density at radius 2 is 0.933 bits per heavy atom. The first-order valence-electron chi connectivity index (χ1n) is 17.4. The summed E-state index contributed by atoms with van der Waals surface area (Å²) < 4.78 is 17.3. The van der Waals surface area contributed by atoms with Gasteiger partial charge in [0.25, 0.3) is 0 Å². The molecule has 0 bridgehead atoms. The maximum absolute atomic E-state index is 12.8. The lowest BCUT2D eigenvalue weighted by molar-refractivity contribution is -0.164. The predicted octanol–water partition coefficient (Wildman–Crippen LogP) is 6.78. The molecule has 45 heavy (non-hydrogen) atoms. The van der Waals surface area contributed by atoms with Crippen molar-refractivity contribution in [1.29, 1.82) is 0 Å². The topological polar surface area (TPSA) is 102 Å². The van der Waals surface area contributed by atoms with Crippen molar-refractivity contribution < 1.29 is 33.4 Å². The smallest absolute Gasteiger partial charge is 0.306 e. The summed E-state index contributed by atoms with van der Waals surface area (Å²) in [5, 5.41) is 0. The Morgan fingerprint density at radius 3 is 1.31 bits per heavy atom. The second-order valence-corrected chi connectivity index (χ2v) is 15.9. The van der Waals surface area contributed by atoms with Gasteiger partial charge in [-0.15, -0.1) is 0 Å². The van der Waals surface area contributed by atoms with Crippen LogP contribution in [0.15, 0.2) is 0 Å². The number of ketones is 1. The number of ether oxygens (including phenoxy) is 3. The molecule has 2 fully saturated rings. The molecule has 2 saturated heterocycles. The van der Waals surface area contributed by atoms with Gasteiger partial charge in [0.05, 0.1) is 0 Å². The van der Waals surface area contributed by atoms with Gasteiger partial charge < -0.3 is 19.0 Å². The fraction of sp³-hybridized carbons (Fsp3) is 0.889. The number of carbonyl (C=O) groups is 4. The molecule has 9 nitrogen and oxygen atoms in total. The second kappa shape index (κ2) is 16.7. The van der Waals surface area contributed by atoms with Crippen molar-refractivity contribution >= 4 is 23.7 Å². The van der Waals surface area contributed by atoms with Crippen molar-refractivity contribution in [1.82, 2.24) is 9.80 Å². The van der Waals surface area contributed by atoms with Crippen LogP contribution < -0.4 is 0 Å². The van der Waals surface area contributed by atoms with E-state index < -0.39 is 0 Å². The van der Waals surface area contributed by atoms with Crippen LogP contribution in [0.5, 0.6) is 0 Å². The van der Waals surface area contributed by atoms with E-state index in [1.807, 2.05) is 0 Å². The number of Topliss-reactive ketones (excluding diaryl/α,β-unsaturated/α-hetero) is 1. The third-order valence-corrected chi connectivity index (χ3v) is 9.62. The van der Waals surface area contributed by atoms with Crippen LogP contribution in [0.2, 0.25) is 0 Å². The number of rotatable bonds is 17. The van der Waals surface area contributed by atoms with Crippen molar-refractivity contribution in [2.75, 3.05) is 19.7 Å². The van der Waals surface area contributed by atoms with Crippen LogP contribution in [-0.2, 0) is 33.4 Å². The summed E-state index contributed by atoms with van der Waals surface area (Å²) in [5.41, 5.74) is -0.562. The third kappa shape index (κ3) is 12.6. The molecule has 0 spiro atoms. The molecule has 0 aromatic carbocycles. The van der Waals surface area contributed by atoms with Crippen LogP contribution >= 0.6 is 0 Å². The van der Waals surface area contributed by atoms with Gasteiger partial charge in [0.1, 0.15) is 24.6 Å². The molecule has 2 aliphatic heterocycles. The van der Waals surface area contributed by atoms with Crippen LogP contribution in [0.1, 0.15) is 153 Å². The first kappa shape index (κ1) is 39.2. The van der Waals surface area contributed by atoms with Crippen LogP contribution in [0.3, 0.4) is 0 Å². The molecule has 260 valence electrons. The fourth-order valence-electron chi connectivity index (χ4n) is 8.05. The van der Waals surface area contributed by atoms with Gasteiger partial charge in [-0.05, 0) is 101 Å². The number of unbranched alkanes of at least 4 members (excludes halogenated alkanes) is 2. The highest BCUT2D eigenvalue weighted by Crippen LogP contribution is 2.41. The highest BCUT2D eigenvalue weighted by Gasteiger charge is 2.47. The minimum Gasteiger partial charge on any atom is -0.464 e. The molecule has 0 amide bonds. The number of hydrogen-bond donors (Lipinski definition) is 0. The van der Waals surface area contributed by atoms with Gasteiger partial charge in [0, 0.05) is 80.1 Å². The molecule has 0 aromatic heterocycles. The zero-order chi connectivity index (χ0) is 34.1. The van der Waals surface area contributed by atoms with Gasteiger partial charge >= 0.3 is 17.9 Å². The standard InChI is InChI=1S/C36H64N2O7/c1-11-20-37-33(3,4)23-28(24-34(37,5)6)44-31(41)18-14-15-19-32(42)45-29-25-35(7,8)38(36(9,10)26-29)21-22-43-30(40)17-13-12-16-27(2)39/h28-29H,11-26H2,1-10H3. The Balaban J connectivity index is 1.72. The third-order valence-electron chi connectivity index (χ3n) is 9.62. The quantitative estimate of drug-likeness (QED) is 0.0971. The van der Waals surface area contributed by atoms with E-state index in [1.54, 1.807) is 6.92 Å². The molecule has 0 N–H and O–H groups in total. The molecule has 9 heteroatoms. The summed E-state index contributed by atoms with van der Waals surface area (Å²) in [6.07, 6.45) is 7.82. The highest BCUT2D eigenvalue weighted by molar-refractivity contribution is 5.75. The molecule has 2 heterocycles. The summed E-state index contributed by atoms with van der Waals surface area (Å²) in [4.78, 5) is 53.5. The minimum absolute atomic E-state index is 0.0312. The molecule has 0 aliphatic carbocycles. The van der Waals surface area contributed by atoms with E-state index in [4.69, 9.17) is 14.2 Å². The Hall–Kier alpha value is -2.00. The molecule has 0 saturated carbocycles. The van der Waals surface area contributed by atoms with Crippen LogP contribution in [0.25, 0.3) is 0 Å². The molecule has 2 rings (SSSR count). The lowest BCUT2D eigenvalue weighted by Gasteiger charge is -2.55. The van der Waals surface area contributed by atoms with Crippen LogP contribution in [-0.4, -0.2) is 87.6 Å². The van der Waals surface area contributed by atoms with Crippen molar-refractivity contribution in [2.45, 2.75) is 187 Å². The maximum atomic E-state index is 12.8. The second-order valence-electron chi connectivity index (χ2n) is 15.9. The SMILES string of the molecule is CCCN1C(C)(C)CC(OC(=O)CCCCC(=O)OC2CC(C)(C)N(CCOC(=O)CCCCC(C)=O)C(C)(C)C2)CC1(C)C. The average Bonchev–Trinajstić information content (AvgIpc) is 2.87. The first-order chi connectivity index (χ1) is 20.8. The predicted molar refractivity (Wildman–Crippen MR) is 177 cm³/mol. The van der Waals surface area contributed by atoms with E-state index in [9.17, 15) is 19.2 Å². The van der Waals surface area contributed by atoms with Crippen molar-refractivity contribution in [3.63, 3.8) is 0 Å². The molecule has 0 aromatic rings. The Kier molecular flexibility index (Phi) is 14.5. The molecule has 2 aliphatic rings. The number of nitrogens with zero attached hydrogens (tertiary/aromatic N) is 2. The summed E-state index contributed by atoms with van der Waals surface area (Å²) in [7, 11) is 0. The monoisotopic (exact) mass is 636 g/mol. The molecule has 0 atom stereocenters. The van der Waals surface area contributed by atoms with E-state index in [0.717, 1.165) is 25.8 Å². The number of hydrogen-bond acceptors (Lipinski definition) is 9. The molecular weight excluding hydrogens is 572 g/mol. The van der Waals surface area contributed by atoms with Crippen molar-refractivity contribution in [2.24, 2.45) is 0 Å². The Labute approximate surface area is 273 Å². The zero-order valence-corrected chi connectivity index (χ0v) is 30.2. The lowest BCUT2D eigenvalue weighted by atomic mass is 9.78. The largest absolute Gasteiger partial charge is 0.464 e. The first-order valence-corrected chi connectivity index (χ1v) is 17.4. The van der Waals surface area contributed by atoms with E-state index in [-0.39, 0.29) is 64.5 Å². The molecular formula is C36H64N2O7. The molecule has 0 radical (unpaired) electrons. The molecule has 0 unspecified atom stereocenters. The highest BCUT2D eigenvalue weighted by atomic mass is 16.5. The van der Waals surface area contributed by atoms with Gasteiger partial charge in [-0.2, -0.15) is 0 Å². The maximum Gasteiger partial charge on any atom is 0.306 e. The van der Waals surface area contributed by atoms with Gasteiger partial charge in [-0.25, -0.2) is 0 Å². The van der Waals surface area contributed by atoms with Crippen LogP contribution in [0.4, 0.5) is 0 Å². The van der Waals surface area contributed by atoms with E-state index >= 15 is 0 Å². The summed E-state index contributed by atoms with van der Waals surface area (Å²) in [6.45, 7) is 23.2. The fourth-order valence-corrected chi connectivity index (χ4v) is 8.05. The average molecular weight is 637 g/mol. The van der Waals surface area contributed by atoms with Gasteiger partial charge in [-0.3, -0.25) is 24.2 Å². The zero-order valence-electron chi connectivity index (χ0n) is 30.2. The number of esters is 3. The van der Waals surface area contributed by atoms with Crippen LogP contribution in [0, 0.1) is 0 Å².